The fourth-order valence-electron chi connectivity index (χ4n) is 0.597. The summed E-state index contributed by atoms with van der Waals surface area (Å²) in [7, 11) is 0. The summed E-state index contributed by atoms with van der Waals surface area (Å²) in [6.45, 7) is 0. The van der Waals surface area contributed by atoms with Gasteiger partial charge in [-0.2, -0.15) is 0 Å². The molecule has 1 rings (SSSR count). The Morgan fingerprint density at radius 2 is 1.83 bits per heavy atom. The molecule has 1 fully saturated rings. The first-order chi connectivity index (χ1) is 5.33. The van der Waals surface area contributed by atoms with Crippen LogP contribution in [0.2, 0.25) is 0 Å². The van der Waals surface area contributed by atoms with Crippen molar-refractivity contribution in [2.75, 3.05) is 6.00 Å². The third-order valence-corrected chi connectivity index (χ3v) is 5.11. The van der Waals surface area contributed by atoms with Crippen LogP contribution in [0.1, 0.15) is 0 Å². The van der Waals surface area contributed by atoms with Gasteiger partial charge in [-0.1, -0.05) is 46.4 Å². The maximum absolute atomic E-state index is 11.3. The highest BCUT2D eigenvalue weighted by Crippen LogP contribution is 2.58. The van der Waals surface area contributed by atoms with E-state index >= 15 is 0 Å². The molecule has 1 aliphatic rings. The molecule has 0 aliphatic carbocycles. The molecule has 1 saturated heterocycles. The van der Waals surface area contributed by atoms with Crippen molar-refractivity contribution in [1.29, 1.82) is 0 Å². The number of rotatable bonds is 1. The maximum atomic E-state index is 11.3. The Kier molecular flexibility index (Phi) is 3.26. The van der Waals surface area contributed by atoms with E-state index < -0.39 is 13.9 Å². The number of halogens is 5. The van der Waals surface area contributed by atoms with Crippen LogP contribution in [-0.2, 0) is 4.79 Å². The van der Waals surface area contributed by atoms with Gasteiger partial charge in [0.15, 0.2) is 0 Å². The molecular formula is C4H2Cl5NOS. The quantitative estimate of drug-likeness (QED) is 0.420. The van der Waals surface area contributed by atoms with Gasteiger partial charge in [-0.05, 0) is 11.9 Å². The lowest BCUT2D eigenvalue weighted by Crippen LogP contribution is -2.37. The number of amides is 1. The lowest BCUT2D eigenvalue weighted by Gasteiger charge is -2.18. The van der Waals surface area contributed by atoms with Crippen LogP contribution in [0.3, 0.4) is 0 Å². The average Bonchev–Trinajstić information content (AvgIpc) is 2.11. The topological polar surface area (TPSA) is 20.3 Å². The third kappa shape index (κ3) is 1.60. The van der Waals surface area contributed by atoms with Crippen molar-refractivity contribution in [3.63, 3.8) is 0 Å². The number of carbonyl (C=O) groups excluding carboxylic acids is 1. The average molecular weight is 289 g/mol. The van der Waals surface area contributed by atoms with Gasteiger partial charge in [-0.15, -0.1) is 11.6 Å². The van der Waals surface area contributed by atoms with Crippen LogP contribution in [0.25, 0.3) is 0 Å². The molecule has 0 N–H and O–H groups in total. The van der Waals surface area contributed by atoms with Crippen molar-refractivity contribution in [3.8, 4) is 0 Å². The van der Waals surface area contributed by atoms with Crippen LogP contribution in [0.5, 0.6) is 0 Å². The molecule has 0 atom stereocenters. The molecule has 0 spiro atoms. The second-order valence-electron chi connectivity index (χ2n) is 1.99. The van der Waals surface area contributed by atoms with Gasteiger partial charge in [-0.25, -0.2) is 0 Å². The zero-order valence-corrected chi connectivity index (χ0v) is 9.96. The summed E-state index contributed by atoms with van der Waals surface area (Å²) in [6.07, 6.45) is 0. The second kappa shape index (κ2) is 3.44. The van der Waals surface area contributed by atoms with E-state index in [4.69, 9.17) is 58.0 Å². The minimum absolute atomic E-state index is 0.0636. The van der Waals surface area contributed by atoms with Crippen LogP contribution in [0.15, 0.2) is 0 Å². The molecule has 1 heterocycles. The number of alkyl halides is 5. The van der Waals surface area contributed by atoms with Crippen LogP contribution < -0.4 is 0 Å². The number of nitrogens with zero attached hydrogens (tertiary/aromatic N) is 1. The van der Waals surface area contributed by atoms with E-state index in [1.54, 1.807) is 0 Å². The van der Waals surface area contributed by atoms with Crippen molar-refractivity contribution in [2.24, 2.45) is 0 Å². The molecule has 0 aromatic rings. The van der Waals surface area contributed by atoms with Gasteiger partial charge >= 0.3 is 0 Å². The zero-order chi connectivity index (χ0) is 9.57. The Bertz CT molecular complexity index is 219. The molecule has 12 heavy (non-hydrogen) atoms. The second-order valence-corrected chi connectivity index (χ2v) is 6.56. The number of carbonyl (C=O) groups is 1. The van der Waals surface area contributed by atoms with E-state index in [9.17, 15) is 4.79 Å². The molecule has 0 unspecified atom stereocenters. The highest BCUT2D eigenvalue weighted by molar-refractivity contribution is 8.02. The Hall–Kier alpha value is 1.27. The van der Waals surface area contributed by atoms with Gasteiger partial charge in [-0.3, -0.25) is 9.10 Å². The Balaban J connectivity index is 2.96. The van der Waals surface area contributed by atoms with E-state index in [0.717, 1.165) is 16.3 Å². The SMILES string of the molecule is O=C1N(CCl)SC(Cl)(Cl)C1(Cl)Cl. The molecule has 0 aromatic carbocycles. The molecule has 8 heteroatoms. The van der Waals surface area contributed by atoms with Crippen LogP contribution in [-0.4, -0.2) is 24.2 Å². The molecule has 70 valence electrons. The molecule has 1 aliphatic heterocycles. The number of hydrogen-bond acceptors (Lipinski definition) is 2. The van der Waals surface area contributed by atoms with Gasteiger partial charge in [0.25, 0.3) is 5.91 Å². The van der Waals surface area contributed by atoms with E-state index in [1.807, 2.05) is 0 Å². The fraction of sp³-hybridized carbons (Fsp3) is 0.750. The Labute approximate surface area is 98.5 Å². The highest BCUT2D eigenvalue weighted by Gasteiger charge is 2.62. The van der Waals surface area contributed by atoms with Crippen LogP contribution in [0, 0.1) is 0 Å². The number of hydrogen-bond donors (Lipinski definition) is 0. The lowest BCUT2D eigenvalue weighted by atomic mass is 10.4. The van der Waals surface area contributed by atoms with E-state index in [-0.39, 0.29) is 6.00 Å². The van der Waals surface area contributed by atoms with Gasteiger partial charge in [0, 0.05) is 0 Å². The first kappa shape index (κ1) is 11.3. The van der Waals surface area contributed by atoms with E-state index in [0.29, 0.717) is 0 Å². The van der Waals surface area contributed by atoms with Gasteiger partial charge in [0.05, 0.1) is 0 Å². The molecule has 0 aromatic heterocycles. The molecule has 0 bridgehead atoms. The summed E-state index contributed by atoms with van der Waals surface area (Å²) < 4.78 is -2.32. The maximum Gasteiger partial charge on any atom is 0.274 e. The Morgan fingerprint density at radius 1 is 1.33 bits per heavy atom. The van der Waals surface area contributed by atoms with Gasteiger partial charge in [0.1, 0.15) is 6.00 Å². The summed E-state index contributed by atoms with van der Waals surface area (Å²) in [6, 6.07) is -0.0636. The fourth-order valence-corrected chi connectivity index (χ4v) is 2.77. The van der Waals surface area contributed by atoms with Gasteiger partial charge in [0.2, 0.25) is 8.00 Å². The molecule has 0 saturated carbocycles. The van der Waals surface area contributed by atoms with Crippen molar-refractivity contribution in [2.45, 2.75) is 8.00 Å². The van der Waals surface area contributed by atoms with Crippen molar-refractivity contribution >= 4 is 75.9 Å². The zero-order valence-electron chi connectivity index (χ0n) is 5.36. The van der Waals surface area contributed by atoms with E-state index in [1.165, 1.54) is 0 Å². The first-order valence-electron chi connectivity index (χ1n) is 2.65. The summed E-state index contributed by atoms with van der Waals surface area (Å²) >= 11 is 28.8. The summed E-state index contributed by atoms with van der Waals surface area (Å²) in [5.74, 6) is -0.601. The summed E-state index contributed by atoms with van der Waals surface area (Å²) in [5.41, 5.74) is 0. The normalized spacial score (nSPS) is 26.4. The predicted octanol–water partition coefficient (Wildman–Crippen LogP) is 2.98. The molecule has 1 amide bonds. The molecule has 2 nitrogen and oxygen atoms in total. The van der Waals surface area contributed by atoms with Crippen LogP contribution in [0.4, 0.5) is 0 Å². The van der Waals surface area contributed by atoms with Gasteiger partial charge < -0.3 is 0 Å². The van der Waals surface area contributed by atoms with Crippen molar-refractivity contribution in [1.82, 2.24) is 4.31 Å². The largest absolute Gasteiger partial charge is 0.274 e. The molecule has 0 radical (unpaired) electrons. The Morgan fingerprint density at radius 3 is 2.00 bits per heavy atom. The summed E-state index contributed by atoms with van der Waals surface area (Å²) in [5, 5.41) is 0. The molecular weight excluding hydrogens is 287 g/mol. The highest BCUT2D eigenvalue weighted by atomic mass is 35.5. The van der Waals surface area contributed by atoms with Crippen LogP contribution >= 0.6 is 70.0 Å². The summed E-state index contributed by atoms with van der Waals surface area (Å²) in [4.78, 5) is 11.3. The minimum atomic E-state index is -1.84. The standard InChI is InChI=1S/C4H2Cl5NOS/c5-1-10-2(11)3(6,7)4(8,9)12-10/h1H2. The third-order valence-electron chi connectivity index (χ3n) is 1.19. The van der Waals surface area contributed by atoms with Crippen molar-refractivity contribution in [3.05, 3.63) is 0 Å². The van der Waals surface area contributed by atoms with Crippen molar-refractivity contribution < 1.29 is 4.79 Å². The smallest absolute Gasteiger partial charge is 0.270 e. The predicted molar refractivity (Wildman–Crippen MR) is 54.0 cm³/mol. The lowest BCUT2D eigenvalue weighted by molar-refractivity contribution is -0.125. The monoisotopic (exact) mass is 287 g/mol. The first-order valence-corrected chi connectivity index (χ1v) is 5.47. The minimum Gasteiger partial charge on any atom is -0.270 e. The van der Waals surface area contributed by atoms with E-state index in [2.05, 4.69) is 0 Å².